The van der Waals surface area contributed by atoms with Gasteiger partial charge in [-0.3, -0.25) is 14.2 Å². The van der Waals surface area contributed by atoms with E-state index in [0.29, 0.717) is 17.4 Å². The SMILES string of the molecule is CCCCCC/C=C\CCCCCCCCCC(=O)OC(/C=C\CCCCCCCCCCCCC)C(COP(=O)([O-])OCC[N+](C)(C)C)NC(=O)CCCCCCCCCCCCCCCCCCC/C=C/CCCCCCCC. The van der Waals surface area contributed by atoms with Crippen LogP contribution < -0.4 is 10.2 Å². The van der Waals surface area contributed by atoms with E-state index in [1.165, 1.54) is 250 Å². The van der Waals surface area contributed by atoms with Crippen LogP contribution in [0, 0.1) is 0 Å². The number of phosphoric acid groups is 1. The zero-order chi connectivity index (χ0) is 59.3. The molecule has 478 valence electrons. The molecule has 0 aliphatic heterocycles. The summed E-state index contributed by atoms with van der Waals surface area (Å²) in [6.07, 6.45) is 75.5. The second kappa shape index (κ2) is 61.3. The second-order valence-electron chi connectivity index (χ2n) is 25.4. The Morgan fingerprint density at radius 2 is 0.716 bits per heavy atom. The number of esters is 1. The van der Waals surface area contributed by atoms with E-state index >= 15 is 0 Å². The van der Waals surface area contributed by atoms with Gasteiger partial charge in [-0.25, -0.2) is 0 Å². The first kappa shape index (κ1) is 79.2. The van der Waals surface area contributed by atoms with Gasteiger partial charge < -0.3 is 28.5 Å². The minimum atomic E-state index is -4.70. The van der Waals surface area contributed by atoms with E-state index in [4.69, 9.17) is 13.8 Å². The van der Waals surface area contributed by atoms with Gasteiger partial charge in [-0.05, 0) is 83.1 Å². The third kappa shape index (κ3) is 62.6. The molecule has 9 nitrogen and oxygen atoms in total. The number of nitrogens with zero attached hydrogens (tertiary/aromatic N) is 1. The molecular weight excluding hydrogens is 1020 g/mol. The second-order valence-corrected chi connectivity index (χ2v) is 26.8. The molecule has 0 aromatic rings. The summed E-state index contributed by atoms with van der Waals surface area (Å²) in [7, 11) is 1.20. The smallest absolute Gasteiger partial charge is 0.306 e. The van der Waals surface area contributed by atoms with Crippen molar-refractivity contribution in [1.29, 1.82) is 0 Å². The van der Waals surface area contributed by atoms with Crippen LogP contribution in [-0.4, -0.2) is 69.4 Å². The van der Waals surface area contributed by atoms with Gasteiger partial charge in [0.05, 0.1) is 33.8 Å². The molecule has 0 aromatic heterocycles. The van der Waals surface area contributed by atoms with Gasteiger partial charge in [0.2, 0.25) is 5.91 Å². The Morgan fingerprint density at radius 3 is 1.06 bits per heavy atom. The molecule has 1 amide bonds. The van der Waals surface area contributed by atoms with Gasteiger partial charge in [0.1, 0.15) is 19.3 Å². The lowest BCUT2D eigenvalue weighted by Crippen LogP contribution is -2.47. The van der Waals surface area contributed by atoms with Crippen molar-refractivity contribution in [2.24, 2.45) is 0 Å². The van der Waals surface area contributed by atoms with Crippen molar-refractivity contribution in [2.75, 3.05) is 40.9 Å². The van der Waals surface area contributed by atoms with Gasteiger partial charge >= 0.3 is 5.97 Å². The fourth-order valence-electron chi connectivity index (χ4n) is 10.6. The Kier molecular flexibility index (Phi) is 60.0. The fourth-order valence-corrected chi connectivity index (χ4v) is 11.3. The number of hydrogen-bond acceptors (Lipinski definition) is 7. The fraction of sp³-hybridized carbons (Fsp3) is 0.887. The van der Waals surface area contributed by atoms with E-state index in [9.17, 15) is 19.0 Å². The Morgan fingerprint density at radius 1 is 0.420 bits per heavy atom. The topological polar surface area (TPSA) is 114 Å². The highest BCUT2D eigenvalue weighted by Gasteiger charge is 2.27. The van der Waals surface area contributed by atoms with Crippen LogP contribution in [-0.2, 0) is 27.9 Å². The molecular formula is C71H137N2O7P. The van der Waals surface area contributed by atoms with Crippen molar-refractivity contribution in [3.8, 4) is 0 Å². The summed E-state index contributed by atoms with van der Waals surface area (Å²) < 4.78 is 30.4. The summed E-state index contributed by atoms with van der Waals surface area (Å²) in [5.41, 5.74) is 0. The first-order chi connectivity index (χ1) is 39.4. The minimum Gasteiger partial charge on any atom is -0.756 e. The van der Waals surface area contributed by atoms with Crippen molar-refractivity contribution < 1.29 is 37.3 Å². The summed E-state index contributed by atoms with van der Waals surface area (Å²) in [6, 6.07) is -0.887. The zero-order valence-corrected chi connectivity index (χ0v) is 55.7. The number of amides is 1. The highest BCUT2D eigenvalue weighted by Crippen LogP contribution is 2.38. The molecule has 0 spiro atoms. The summed E-state index contributed by atoms with van der Waals surface area (Å²) in [6.45, 7) is 6.88. The van der Waals surface area contributed by atoms with Crippen molar-refractivity contribution in [2.45, 2.75) is 367 Å². The van der Waals surface area contributed by atoms with Gasteiger partial charge in [0.15, 0.2) is 0 Å². The first-order valence-electron chi connectivity index (χ1n) is 35.3. The monoisotopic (exact) mass is 1160 g/mol. The third-order valence-corrected chi connectivity index (χ3v) is 17.0. The Labute approximate surface area is 504 Å². The number of nitrogens with one attached hydrogen (secondary N) is 1. The lowest BCUT2D eigenvalue weighted by atomic mass is 10.0. The summed E-state index contributed by atoms with van der Waals surface area (Å²) in [4.78, 5) is 40.1. The third-order valence-electron chi connectivity index (χ3n) is 16.0. The van der Waals surface area contributed by atoms with Gasteiger partial charge in [0, 0.05) is 12.8 Å². The van der Waals surface area contributed by atoms with Crippen molar-refractivity contribution >= 4 is 19.7 Å². The predicted molar refractivity (Wildman–Crippen MR) is 349 cm³/mol. The molecule has 3 unspecified atom stereocenters. The molecule has 10 heteroatoms. The van der Waals surface area contributed by atoms with Crippen LogP contribution >= 0.6 is 7.82 Å². The van der Waals surface area contributed by atoms with Crippen molar-refractivity contribution in [1.82, 2.24) is 5.32 Å². The van der Waals surface area contributed by atoms with Crippen LogP contribution in [0.1, 0.15) is 355 Å². The average Bonchev–Trinajstić information content (AvgIpc) is 3.44. The maximum Gasteiger partial charge on any atom is 0.306 e. The standard InChI is InChI=1S/C71H137N2O7P/c1-7-10-13-16-19-22-25-28-30-31-32-33-34-35-36-37-38-39-40-41-43-45-48-51-54-57-60-63-70(74)72-68(67-79-81(76,77)78-66-65-73(4,5)6)69(62-59-56-53-50-47-44-27-24-21-18-15-12-9-3)80-71(75)64-61-58-55-52-49-46-42-29-26-23-20-17-14-11-8-2/h23,26,28,30,59,62,68-69H,7-22,24-25,27,29,31-58,60-61,63-67H2,1-6H3,(H-,72,74,76,77)/b26-23-,30-28+,62-59-. The van der Waals surface area contributed by atoms with Gasteiger partial charge in [0.25, 0.3) is 7.82 Å². The lowest BCUT2D eigenvalue weighted by Gasteiger charge is -2.30. The lowest BCUT2D eigenvalue weighted by molar-refractivity contribution is -0.870. The quantitative estimate of drug-likeness (QED) is 0.0212. The van der Waals surface area contributed by atoms with Crippen LogP contribution in [0.4, 0.5) is 0 Å². The highest BCUT2D eigenvalue weighted by atomic mass is 31.2. The molecule has 0 fully saturated rings. The molecule has 0 radical (unpaired) electrons. The Balaban J connectivity index is 5.00. The van der Waals surface area contributed by atoms with Crippen LogP contribution in [0.3, 0.4) is 0 Å². The number of allylic oxidation sites excluding steroid dienone is 5. The maximum absolute atomic E-state index is 13.6. The summed E-state index contributed by atoms with van der Waals surface area (Å²) in [5.74, 6) is -0.528. The van der Waals surface area contributed by atoms with E-state index in [2.05, 4.69) is 50.4 Å². The number of rotatable bonds is 65. The molecule has 0 heterocycles. The molecule has 0 saturated carbocycles. The number of hydrogen-bond donors (Lipinski definition) is 1. The highest BCUT2D eigenvalue weighted by molar-refractivity contribution is 7.45. The molecule has 3 atom stereocenters. The molecule has 0 aromatic carbocycles. The number of carbonyl (C=O) groups is 2. The van der Waals surface area contributed by atoms with E-state index in [-0.39, 0.29) is 31.5 Å². The number of likely N-dealkylation sites (N-methyl/N-ethyl adjacent to an activating group) is 1. The van der Waals surface area contributed by atoms with Gasteiger partial charge in [-0.15, -0.1) is 0 Å². The van der Waals surface area contributed by atoms with Crippen molar-refractivity contribution in [3.05, 3.63) is 36.5 Å². The molecule has 81 heavy (non-hydrogen) atoms. The normalized spacial score (nSPS) is 13.7. The number of unbranched alkanes of at least 4 members (excludes halogenated alkanes) is 45. The molecule has 0 aliphatic carbocycles. The molecule has 0 bridgehead atoms. The molecule has 0 aliphatic rings. The van der Waals surface area contributed by atoms with Gasteiger partial charge in [-0.2, -0.15) is 0 Å². The minimum absolute atomic E-state index is 0.0203. The average molecular weight is 1160 g/mol. The Hall–Kier alpha value is -1.77. The summed E-state index contributed by atoms with van der Waals surface area (Å²) >= 11 is 0. The number of quaternary nitrogens is 1. The predicted octanol–water partition coefficient (Wildman–Crippen LogP) is 21.6. The summed E-state index contributed by atoms with van der Waals surface area (Å²) in [5, 5.41) is 3.05. The van der Waals surface area contributed by atoms with E-state index in [1.807, 2.05) is 33.3 Å². The van der Waals surface area contributed by atoms with E-state index < -0.39 is 20.0 Å². The van der Waals surface area contributed by atoms with Crippen LogP contribution in [0.5, 0.6) is 0 Å². The van der Waals surface area contributed by atoms with E-state index in [1.54, 1.807) is 0 Å². The van der Waals surface area contributed by atoms with Crippen LogP contribution in [0.25, 0.3) is 0 Å². The van der Waals surface area contributed by atoms with Crippen LogP contribution in [0.15, 0.2) is 36.5 Å². The Bertz CT molecular complexity index is 1480. The number of carbonyl (C=O) groups excluding carboxylic acids is 2. The largest absolute Gasteiger partial charge is 0.756 e. The van der Waals surface area contributed by atoms with Crippen molar-refractivity contribution in [3.63, 3.8) is 0 Å². The molecule has 1 N–H and O–H groups in total. The first-order valence-corrected chi connectivity index (χ1v) is 36.8. The number of ether oxygens (including phenoxy) is 1. The van der Waals surface area contributed by atoms with E-state index in [0.717, 1.165) is 70.6 Å². The molecule has 0 saturated heterocycles. The van der Waals surface area contributed by atoms with Gasteiger partial charge in [-0.1, -0.05) is 295 Å². The maximum atomic E-state index is 13.6. The zero-order valence-electron chi connectivity index (χ0n) is 54.8. The number of phosphoric ester groups is 1. The molecule has 0 rings (SSSR count). The van der Waals surface area contributed by atoms with Crippen LogP contribution in [0.2, 0.25) is 0 Å².